The number of rotatable bonds is 3. The van der Waals surface area contributed by atoms with Gasteiger partial charge in [-0.3, -0.25) is 4.79 Å². The summed E-state index contributed by atoms with van der Waals surface area (Å²) in [6.07, 6.45) is 1.55. The minimum atomic E-state index is -3.62. The topological polar surface area (TPSA) is 67.3 Å². The number of hydrogen-bond acceptors (Lipinski definition) is 4. The molecule has 1 fully saturated rings. The van der Waals surface area contributed by atoms with Gasteiger partial charge in [0.2, 0.25) is 15.0 Å². The average Bonchev–Trinajstić information content (AvgIpc) is 2.61. The summed E-state index contributed by atoms with van der Waals surface area (Å²) in [4.78, 5) is 17.1. The van der Waals surface area contributed by atoms with E-state index in [2.05, 4.69) is 4.98 Å². The minimum absolute atomic E-state index is 0.131. The first kappa shape index (κ1) is 14.8. The zero-order valence-electron chi connectivity index (χ0n) is 9.51. The van der Waals surface area contributed by atoms with Gasteiger partial charge in [0, 0.05) is 29.6 Å². The van der Waals surface area contributed by atoms with Gasteiger partial charge in [-0.25, -0.2) is 13.4 Å². The Morgan fingerprint density at radius 1 is 1.42 bits per heavy atom. The highest BCUT2D eigenvalue weighted by molar-refractivity contribution is 8.13. The number of nitrogens with zero attached hydrogens (tertiary/aromatic N) is 2. The largest absolute Gasteiger partial charge is 0.311 e. The number of halogens is 3. The summed E-state index contributed by atoms with van der Waals surface area (Å²) in [7, 11) is 1.57. The van der Waals surface area contributed by atoms with E-state index in [0.717, 1.165) is 0 Å². The molecule has 2 rings (SSSR count). The molecule has 0 bridgehead atoms. The minimum Gasteiger partial charge on any atom is -0.311 e. The lowest BCUT2D eigenvalue weighted by atomic mass is 10.1. The number of carbonyl (C=O) groups is 1. The van der Waals surface area contributed by atoms with Crippen molar-refractivity contribution in [3.05, 3.63) is 22.4 Å². The third-order valence-electron chi connectivity index (χ3n) is 2.73. The molecule has 1 aromatic heterocycles. The smallest absolute Gasteiger partial charge is 0.232 e. The molecule has 0 spiro atoms. The van der Waals surface area contributed by atoms with Crippen LogP contribution in [0.1, 0.15) is 6.42 Å². The maximum absolute atomic E-state index is 11.9. The molecule has 1 aromatic rings. The van der Waals surface area contributed by atoms with Gasteiger partial charge in [0.05, 0.1) is 22.7 Å². The van der Waals surface area contributed by atoms with Crippen molar-refractivity contribution >= 4 is 54.5 Å². The maximum atomic E-state index is 11.9. The number of carbonyl (C=O) groups excluding carboxylic acids is 1. The molecule has 1 saturated heterocycles. The van der Waals surface area contributed by atoms with Gasteiger partial charge in [-0.1, -0.05) is 23.2 Å². The van der Waals surface area contributed by atoms with Gasteiger partial charge in [-0.15, -0.1) is 0 Å². The van der Waals surface area contributed by atoms with Crippen LogP contribution in [0.3, 0.4) is 0 Å². The third kappa shape index (κ3) is 3.72. The molecule has 2 heterocycles. The number of hydrogen-bond donors (Lipinski definition) is 0. The summed E-state index contributed by atoms with van der Waals surface area (Å²) in [6, 6.07) is 1.52. The summed E-state index contributed by atoms with van der Waals surface area (Å²) in [5, 5.41) is 0.386. The molecule has 5 nitrogen and oxygen atoms in total. The van der Waals surface area contributed by atoms with Crippen LogP contribution in [-0.4, -0.2) is 31.6 Å². The molecule has 0 aliphatic carbocycles. The average molecular weight is 344 g/mol. The molecule has 1 aliphatic rings. The molecular weight excluding hydrogens is 335 g/mol. The monoisotopic (exact) mass is 342 g/mol. The Kier molecular flexibility index (Phi) is 4.25. The van der Waals surface area contributed by atoms with Crippen molar-refractivity contribution in [1.82, 2.24) is 4.98 Å². The second kappa shape index (κ2) is 5.44. The Balaban J connectivity index is 2.18. The molecule has 0 N–H and O–H groups in total. The van der Waals surface area contributed by atoms with E-state index in [9.17, 15) is 13.2 Å². The van der Waals surface area contributed by atoms with Crippen molar-refractivity contribution in [1.29, 1.82) is 0 Å². The first-order valence-electron chi connectivity index (χ1n) is 5.30. The van der Waals surface area contributed by atoms with Crippen LogP contribution < -0.4 is 4.90 Å². The molecule has 1 amide bonds. The van der Waals surface area contributed by atoms with Crippen LogP contribution in [0.4, 0.5) is 5.69 Å². The highest BCUT2D eigenvalue weighted by Gasteiger charge is 2.33. The summed E-state index contributed by atoms with van der Waals surface area (Å²) in [6.45, 7) is 0.268. The number of amides is 1. The fraction of sp³-hybridized carbons (Fsp3) is 0.400. The van der Waals surface area contributed by atoms with E-state index in [1.54, 1.807) is 0 Å². The molecule has 0 radical (unpaired) electrons. The molecule has 0 saturated carbocycles. The van der Waals surface area contributed by atoms with E-state index in [1.807, 2.05) is 0 Å². The molecular formula is C10H9Cl3N2O3S. The van der Waals surface area contributed by atoms with Crippen molar-refractivity contribution < 1.29 is 13.2 Å². The predicted octanol–water partition coefficient (Wildman–Crippen LogP) is 2.31. The van der Waals surface area contributed by atoms with Gasteiger partial charge in [-0.2, -0.15) is 0 Å². The van der Waals surface area contributed by atoms with E-state index >= 15 is 0 Å². The lowest BCUT2D eigenvalue weighted by molar-refractivity contribution is -0.117. The Hall–Kier alpha value is -0.560. The van der Waals surface area contributed by atoms with Crippen molar-refractivity contribution in [3.63, 3.8) is 0 Å². The van der Waals surface area contributed by atoms with Crippen LogP contribution in [0.5, 0.6) is 0 Å². The first-order chi connectivity index (χ1) is 8.76. The van der Waals surface area contributed by atoms with Crippen LogP contribution in [-0.2, 0) is 13.8 Å². The van der Waals surface area contributed by atoms with Crippen LogP contribution in [0, 0.1) is 5.92 Å². The quantitative estimate of drug-likeness (QED) is 0.624. The highest BCUT2D eigenvalue weighted by atomic mass is 35.7. The first-order valence-corrected chi connectivity index (χ1v) is 8.53. The van der Waals surface area contributed by atoms with Crippen LogP contribution >= 0.6 is 33.9 Å². The van der Waals surface area contributed by atoms with Crippen LogP contribution in [0.25, 0.3) is 0 Å². The van der Waals surface area contributed by atoms with Crippen molar-refractivity contribution in [3.8, 4) is 0 Å². The zero-order chi connectivity index (χ0) is 14.2. The van der Waals surface area contributed by atoms with E-state index in [1.165, 1.54) is 17.2 Å². The molecule has 9 heteroatoms. The lowest BCUT2D eigenvalue weighted by Gasteiger charge is -2.16. The highest BCUT2D eigenvalue weighted by Crippen LogP contribution is 2.30. The van der Waals surface area contributed by atoms with Gasteiger partial charge in [0.1, 0.15) is 5.15 Å². The third-order valence-corrected chi connectivity index (χ3v) is 4.67. The number of pyridine rings is 1. The lowest BCUT2D eigenvalue weighted by Crippen LogP contribution is -2.25. The molecule has 104 valence electrons. The van der Waals surface area contributed by atoms with Crippen molar-refractivity contribution in [2.45, 2.75) is 6.42 Å². The summed E-state index contributed by atoms with van der Waals surface area (Å²) >= 11 is 11.5. The van der Waals surface area contributed by atoms with Gasteiger partial charge in [-0.05, 0) is 6.07 Å². The fourth-order valence-corrected chi connectivity index (χ4v) is 3.57. The summed E-state index contributed by atoms with van der Waals surface area (Å²) in [5.41, 5.74) is 0.494. The summed E-state index contributed by atoms with van der Waals surface area (Å²) in [5.74, 6) is -0.749. The second-order valence-corrected chi connectivity index (χ2v) is 7.83. The van der Waals surface area contributed by atoms with Gasteiger partial charge >= 0.3 is 0 Å². The molecule has 0 aromatic carbocycles. The van der Waals surface area contributed by atoms with Crippen LogP contribution in [0.15, 0.2) is 12.3 Å². The number of aromatic nitrogens is 1. The normalized spacial score (nSPS) is 20.1. The SMILES string of the molecule is O=C1CC(CS(=O)(=O)Cl)CN1c1cnc(Cl)c(Cl)c1. The van der Waals surface area contributed by atoms with Gasteiger partial charge < -0.3 is 4.90 Å². The molecule has 1 unspecified atom stereocenters. The van der Waals surface area contributed by atoms with E-state index < -0.39 is 9.05 Å². The Morgan fingerprint density at radius 2 is 2.11 bits per heavy atom. The summed E-state index contributed by atoms with van der Waals surface area (Å²) < 4.78 is 22.0. The standard InChI is InChI=1S/C10H9Cl3N2O3S/c11-8-2-7(3-14-10(8)12)15-4-6(1-9(15)16)5-19(13,17)18/h2-3,6H,1,4-5H2. The van der Waals surface area contributed by atoms with Crippen LogP contribution in [0.2, 0.25) is 10.2 Å². The van der Waals surface area contributed by atoms with E-state index in [0.29, 0.717) is 5.69 Å². The maximum Gasteiger partial charge on any atom is 0.232 e. The second-order valence-electron chi connectivity index (χ2n) is 4.25. The Bertz CT molecular complexity index is 620. The van der Waals surface area contributed by atoms with Gasteiger partial charge in [0.15, 0.2) is 0 Å². The Morgan fingerprint density at radius 3 is 2.68 bits per heavy atom. The van der Waals surface area contributed by atoms with E-state index in [-0.39, 0.29) is 40.7 Å². The zero-order valence-corrected chi connectivity index (χ0v) is 12.6. The predicted molar refractivity (Wildman–Crippen MR) is 74.4 cm³/mol. The van der Waals surface area contributed by atoms with Crippen molar-refractivity contribution in [2.75, 3.05) is 17.2 Å². The van der Waals surface area contributed by atoms with Crippen molar-refractivity contribution in [2.24, 2.45) is 5.92 Å². The fourth-order valence-electron chi connectivity index (χ4n) is 1.98. The van der Waals surface area contributed by atoms with E-state index in [4.69, 9.17) is 33.9 Å². The molecule has 19 heavy (non-hydrogen) atoms. The molecule has 1 aliphatic heterocycles. The Labute approximate surface area is 124 Å². The number of anilines is 1. The van der Waals surface area contributed by atoms with Gasteiger partial charge in [0.25, 0.3) is 0 Å². The molecule has 1 atom stereocenters.